The minimum absolute atomic E-state index is 0.706. The zero-order valence-corrected chi connectivity index (χ0v) is 12.5. The molecule has 0 fully saturated rings. The highest BCUT2D eigenvalue weighted by Gasteiger charge is 2.25. The summed E-state index contributed by atoms with van der Waals surface area (Å²) < 4.78 is 2.41. The van der Waals surface area contributed by atoms with Crippen molar-refractivity contribution in [3.8, 4) is 0 Å². The monoisotopic (exact) mass is 265 g/mol. The van der Waals surface area contributed by atoms with Gasteiger partial charge in [0.15, 0.2) is 0 Å². The first-order valence-electron chi connectivity index (χ1n) is 7.67. The summed E-state index contributed by atoms with van der Waals surface area (Å²) in [7, 11) is 0. The molecule has 3 rings (SSSR count). The van der Waals surface area contributed by atoms with E-state index in [4.69, 9.17) is 0 Å². The predicted octanol–water partition coefficient (Wildman–Crippen LogP) is 5.09. The van der Waals surface area contributed by atoms with Crippen molar-refractivity contribution in [3.05, 3.63) is 53.4 Å². The second kappa shape index (κ2) is 5.32. The molecule has 0 bridgehead atoms. The fraction of sp³-hybridized carbons (Fsp3) is 0.368. The van der Waals surface area contributed by atoms with E-state index in [1.165, 1.54) is 42.8 Å². The van der Waals surface area contributed by atoms with Gasteiger partial charge in [-0.25, -0.2) is 0 Å². The second-order valence-corrected chi connectivity index (χ2v) is 5.78. The third kappa shape index (κ3) is 2.02. The Labute approximate surface area is 122 Å². The Bertz CT molecular complexity index is 623. The van der Waals surface area contributed by atoms with Gasteiger partial charge in [0.05, 0.1) is 0 Å². The molecular formula is C19H23N. The summed E-state index contributed by atoms with van der Waals surface area (Å²) in [5.41, 5.74) is 7.18. The van der Waals surface area contributed by atoms with E-state index in [2.05, 4.69) is 55.4 Å². The molecule has 0 N–H and O–H groups in total. The number of hydrogen-bond donors (Lipinski definition) is 0. The molecule has 0 aliphatic heterocycles. The molecule has 1 heteroatoms. The van der Waals surface area contributed by atoms with Gasteiger partial charge >= 0.3 is 0 Å². The highest BCUT2D eigenvalue weighted by atomic mass is 15.0. The molecule has 1 nitrogen and oxygen atoms in total. The van der Waals surface area contributed by atoms with E-state index in [1.54, 1.807) is 11.1 Å². The third-order valence-electron chi connectivity index (χ3n) is 4.53. The first kappa shape index (κ1) is 13.2. The minimum Gasteiger partial charge on any atom is -0.314 e. The average molecular weight is 265 g/mol. The van der Waals surface area contributed by atoms with Gasteiger partial charge in [-0.3, -0.25) is 0 Å². The van der Waals surface area contributed by atoms with E-state index in [0.717, 1.165) is 0 Å². The number of allylic oxidation sites excluding steroid dienone is 5. The van der Waals surface area contributed by atoms with Gasteiger partial charge < -0.3 is 4.57 Å². The molecule has 0 saturated heterocycles. The van der Waals surface area contributed by atoms with Gasteiger partial charge in [-0.05, 0) is 67.9 Å². The van der Waals surface area contributed by atoms with Crippen LogP contribution in [0.3, 0.4) is 0 Å². The van der Waals surface area contributed by atoms with Crippen molar-refractivity contribution in [1.82, 2.24) is 4.57 Å². The molecule has 104 valence electrons. The molecule has 0 radical (unpaired) electrons. The number of hydrogen-bond acceptors (Lipinski definition) is 0. The normalized spacial score (nSPS) is 20.7. The number of rotatable bonds is 3. The third-order valence-corrected chi connectivity index (χ3v) is 4.53. The van der Waals surface area contributed by atoms with Crippen molar-refractivity contribution < 1.29 is 0 Å². The Morgan fingerprint density at radius 2 is 2.15 bits per heavy atom. The van der Waals surface area contributed by atoms with Gasteiger partial charge in [-0.2, -0.15) is 0 Å². The first-order chi connectivity index (χ1) is 9.76. The van der Waals surface area contributed by atoms with Crippen molar-refractivity contribution in [2.75, 3.05) is 0 Å². The van der Waals surface area contributed by atoms with Crippen LogP contribution in [0, 0.1) is 5.92 Å². The Morgan fingerprint density at radius 3 is 2.90 bits per heavy atom. The molecule has 1 heterocycles. The fourth-order valence-corrected chi connectivity index (χ4v) is 3.45. The minimum atomic E-state index is 0.706. The molecule has 1 aromatic heterocycles. The van der Waals surface area contributed by atoms with Gasteiger partial charge in [0.25, 0.3) is 0 Å². The Balaban J connectivity index is 2.21. The van der Waals surface area contributed by atoms with E-state index in [9.17, 15) is 0 Å². The van der Waals surface area contributed by atoms with Crippen LogP contribution in [0.15, 0.2) is 30.9 Å². The highest BCUT2D eigenvalue weighted by molar-refractivity contribution is 5.72. The lowest BCUT2D eigenvalue weighted by Gasteiger charge is -2.18. The van der Waals surface area contributed by atoms with Crippen molar-refractivity contribution in [3.63, 3.8) is 0 Å². The van der Waals surface area contributed by atoms with Crippen molar-refractivity contribution >= 4 is 17.8 Å². The molecule has 0 amide bonds. The van der Waals surface area contributed by atoms with Crippen LogP contribution in [0.4, 0.5) is 0 Å². The Kier molecular flexibility index (Phi) is 3.52. The quantitative estimate of drug-likeness (QED) is 0.671. The zero-order chi connectivity index (χ0) is 14.1. The van der Waals surface area contributed by atoms with E-state index in [0.29, 0.717) is 5.92 Å². The van der Waals surface area contributed by atoms with E-state index >= 15 is 0 Å². The maximum Gasteiger partial charge on any atom is 0.0491 e. The lowest BCUT2D eigenvalue weighted by atomic mass is 9.87. The summed E-state index contributed by atoms with van der Waals surface area (Å²) in [5, 5.41) is 0. The van der Waals surface area contributed by atoms with Crippen LogP contribution in [-0.2, 0) is 12.8 Å². The van der Waals surface area contributed by atoms with Gasteiger partial charge in [0, 0.05) is 17.1 Å². The standard InChI is InChI=1S/C19H23N/c1-4-8-14(3)20-18-10-7-6-9-16(18)17-13-15(5-2)11-12-19(17)20/h4,7-8,10-12,15H,1,5-6,9,13H2,2-3H3/b14-8+. The molecule has 1 aromatic rings. The van der Waals surface area contributed by atoms with Crippen LogP contribution in [-0.4, -0.2) is 4.57 Å². The summed E-state index contributed by atoms with van der Waals surface area (Å²) in [6.45, 7) is 8.29. The summed E-state index contributed by atoms with van der Waals surface area (Å²) >= 11 is 0. The van der Waals surface area contributed by atoms with Gasteiger partial charge in [0.2, 0.25) is 0 Å². The van der Waals surface area contributed by atoms with Crippen molar-refractivity contribution in [2.24, 2.45) is 5.92 Å². The second-order valence-electron chi connectivity index (χ2n) is 5.78. The van der Waals surface area contributed by atoms with E-state index in [1.807, 2.05) is 6.08 Å². The van der Waals surface area contributed by atoms with E-state index < -0.39 is 0 Å². The van der Waals surface area contributed by atoms with Gasteiger partial charge in [0.1, 0.15) is 0 Å². The summed E-state index contributed by atoms with van der Waals surface area (Å²) in [6.07, 6.45) is 18.1. The Hall–Kier alpha value is -1.76. The van der Waals surface area contributed by atoms with Crippen molar-refractivity contribution in [2.45, 2.75) is 39.5 Å². The van der Waals surface area contributed by atoms with Crippen LogP contribution in [0.5, 0.6) is 0 Å². The van der Waals surface area contributed by atoms with E-state index in [-0.39, 0.29) is 0 Å². The molecule has 1 atom stereocenters. The van der Waals surface area contributed by atoms with Crippen LogP contribution < -0.4 is 0 Å². The fourth-order valence-electron chi connectivity index (χ4n) is 3.45. The zero-order valence-electron chi connectivity index (χ0n) is 12.5. The summed E-state index contributed by atoms with van der Waals surface area (Å²) in [6, 6.07) is 0. The number of fused-ring (bicyclic) bond motifs is 3. The molecule has 0 aromatic carbocycles. The number of aromatic nitrogens is 1. The SMILES string of the molecule is C=C/C=C(\C)n1c2c(c3c1C=CC(CC)C3)CCC=C2. The van der Waals surface area contributed by atoms with Crippen LogP contribution in [0.25, 0.3) is 17.8 Å². The molecule has 2 aliphatic carbocycles. The smallest absolute Gasteiger partial charge is 0.0491 e. The topological polar surface area (TPSA) is 4.93 Å². The average Bonchev–Trinajstić information content (AvgIpc) is 2.81. The molecule has 2 aliphatic rings. The molecule has 20 heavy (non-hydrogen) atoms. The largest absolute Gasteiger partial charge is 0.314 e. The maximum atomic E-state index is 3.83. The first-order valence-corrected chi connectivity index (χ1v) is 7.67. The summed E-state index contributed by atoms with van der Waals surface area (Å²) in [5.74, 6) is 0.706. The summed E-state index contributed by atoms with van der Waals surface area (Å²) in [4.78, 5) is 0. The van der Waals surface area contributed by atoms with Gasteiger partial charge in [-0.1, -0.05) is 31.7 Å². The molecule has 0 saturated carbocycles. The predicted molar refractivity (Wildman–Crippen MR) is 88.5 cm³/mol. The number of nitrogens with zero attached hydrogens (tertiary/aromatic N) is 1. The molecular weight excluding hydrogens is 242 g/mol. The van der Waals surface area contributed by atoms with Crippen LogP contribution in [0.1, 0.15) is 49.2 Å². The molecule has 0 spiro atoms. The van der Waals surface area contributed by atoms with Gasteiger partial charge in [-0.15, -0.1) is 0 Å². The highest BCUT2D eigenvalue weighted by Crippen LogP contribution is 2.37. The maximum absolute atomic E-state index is 3.83. The lowest BCUT2D eigenvalue weighted by molar-refractivity contribution is 0.616. The Morgan fingerprint density at radius 1 is 1.35 bits per heavy atom. The van der Waals surface area contributed by atoms with Crippen molar-refractivity contribution in [1.29, 1.82) is 0 Å². The van der Waals surface area contributed by atoms with Crippen LogP contribution in [0.2, 0.25) is 0 Å². The van der Waals surface area contributed by atoms with Crippen LogP contribution >= 0.6 is 0 Å². The lowest BCUT2D eigenvalue weighted by Crippen LogP contribution is -2.08. The molecule has 1 unspecified atom stereocenters.